The molecular formula is C27H30ClF3N4O5. The van der Waals surface area contributed by atoms with Crippen LogP contribution in [0.3, 0.4) is 0 Å². The summed E-state index contributed by atoms with van der Waals surface area (Å²) in [4.78, 5) is 16.1. The Morgan fingerprint density at radius 3 is 2.50 bits per heavy atom. The molecule has 40 heavy (non-hydrogen) atoms. The second-order valence-corrected chi connectivity index (χ2v) is 10.00. The number of imidazole rings is 1. The molecule has 1 unspecified atom stereocenters. The Kier molecular flexibility index (Phi) is 9.75. The maximum Gasteiger partial charge on any atom is 0.416 e. The van der Waals surface area contributed by atoms with E-state index in [0.717, 1.165) is 50.2 Å². The molecule has 2 heterocycles. The van der Waals surface area contributed by atoms with Crippen molar-refractivity contribution in [3.63, 3.8) is 0 Å². The van der Waals surface area contributed by atoms with Gasteiger partial charge in [0, 0.05) is 25.3 Å². The number of aryl methyl sites for hydroxylation is 1. The van der Waals surface area contributed by atoms with Crippen LogP contribution in [-0.2, 0) is 12.7 Å². The third kappa shape index (κ3) is 8.25. The summed E-state index contributed by atoms with van der Waals surface area (Å²) in [5.41, 5.74) is 0.347. The molecule has 1 saturated heterocycles. The Bertz CT molecular complexity index is 1260. The van der Waals surface area contributed by atoms with Crippen molar-refractivity contribution in [2.24, 2.45) is 5.92 Å². The first-order chi connectivity index (χ1) is 19.1. The van der Waals surface area contributed by atoms with Crippen LogP contribution in [0.15, 0.2) is 54.7 Å². The number of ether oxygens (including phenoxy) is 2. The van der Waals surface area contributed by atoms with Gasteiger partial charge >= 0.3 is 17.3 Å². The van der Waals surface area contributed by atoms with E-state index in [-0.39, 0.29) is 36.4 Å². The summed E-state index contributed by atoms with van der Waals surface area (Å²) in [5.74, 6) is 0.939. The lowest BCUT2D eigenvalue weighted by atomic mass is 9.93. The molecule has 3 aromatic rings. The number of hydrogen-bond acceptors (Lipinski definition) is 7. The fourth-order valence-corrected chi connectivity index (χ4v) is 4.75. The van der Waals surface area contributed by atoms with Gasteiger partial charge in [-0.1, -0.05) is 6.07 Å². The lowest BCUT2D eigenvalue weighted by Gasteiger charge is -2.33. The van der Waals surface area contributed by atoms with E-state index < -0.39 is 22.8 Å². The molecule has 0 amide bonds. The van der Waals surface area contributed by atoms with E-state index in [1.54, 1.807) is 6.07 Å². The van der Waals surface area contributed by atoms with Crippen molar-refractivity contribution in [2.45, 2.75) is 44.5 Å². The van der Waals surface area contributed by atoms with E-state index in [0.29, 0.717) is 18.3 Å². The van der Waals surface area contributed by atoms with Crippen LogP contribution in [0, 0.1) is 16.0 Å². The highest BCUT2D eigenvalue weighted by molar-refractivity contribution is 6.28. The molecule has 9 nitrogen and oxygen atoms in total. The van der Waals surface area contributed by atoms with Gasteiger partial charge in [-0.2, -0.15) is 13.2 Å². The summed E-state index contributed by atoms with van der Waals surface area (Å²) < 4.78 is 51.3. The molecule has 0 spiro atoms. The van der Waals surface area contributed by atoms with Crippen LogP contribution in [-0.4, -0.2) is 52.0 Å². The Labute approximate surface area is 234 Å². The largest absolute Gasteiger partial charge is 0.494 e. The number of aliphatic hydroxyl groups excluding tert-OH is 1. The van der Waals surface area contributed by atoms with Gasteiger partial charge in [-0.25, -0.2) is 0 Å². The fraction of sp³-hybridized carbons (Fsp3) is 0.444. The molecule has 1 aliphatic heterocycles. The summed E-state index contributed by atoms with van der Waals surface area (Å²) in [6.45, 7) is 2.42. The van der Waals surface area contributed by atoms with Crippen LogP contribution in [0.25, 0.3) is 0 Å². The fourth-order valence-electron chi connectivity index (χ4n) is 4.53. The monoisotopic (exact) mass is 582 g/mol. The molecule has 1 N–H and O–H groups in total. The Balaban J connectivity index is 1.15. The average Bonchev–Trinajstić information content (AvgIpc) is 3.32. The SMILES string of the molecule is O=[N+]([O-])c1cn(CCC(O)COc2ccc(N3CCC(CCOc4cccc(C(F)(F)F)c4)CC3)cc2)c(Cl)n1. The zero-order chi connectivity index (χ0) is 28.7. The normalized spacial score (nSPS) is 15.2. The van der Waals surface area contributed by atoms with Crippen molar-refractivity contribution in [1.82, 2.24) is 9.55 Å². The number of aromatic nitrogens is 2. The molecule has 1 atom stereocenters. The molecule has 1 fully saturated rings. The van der Waals surface area contributed by atoms with Gasteiger partial charge in [0.25, 0.3) is 0 Å². The molecule has 0 bridgehead atoms. The van der Waals surface area contributed by atoms with Gasteiger partial charge in [-0.05, 0) is 95.6 Å². The van der Waals surface area contributed by atoms with Gasteiger partial charge in [0.2, 0.25) is 0 Å². The number of benzene rings is 2. The molecule has 0 radical (unpaired) electrons. The van der Waals surface area contributed by atoms with Crippen LogP contribution in [0.5, 0.6) is 11.5 Å². The zero-order valence-electron chi connectivity index (χ0n) is 21.6. The van der Waals surface area contributed by atoms with Crippen molar-refractivity contribution in [1.29, 1.82) is 0 Å². The first kappa shape index (κ1) is 29.5. The van der Waals surface area contributed by atoms with Gasteiger partial charge in [0.05, 0.1) is 18.3 Å². The molecule has 0 saturated carbocycles. The van der Waals surface area contributed by atoms with Gasteiger partial charge in [0.15, 0.2) is 0 Å². The Morgan fingerprint density at radius 2 is 1.85 bits per heavy atom. The first-order valence-electron chi connectivity index (χ1n) is 12.9. The lowest BCUT2D eigenvalue weighted by molar-refractivity contribution is -0.389. The maximum absolute atomic E-state index is 12.9. The highest BCUT2D eigenvalue weighted by atomic mass is 35.5. The quantitative estimate of drug-likeness (QED) is 0.207. The number of halogens is 4. The summed E-state index contributed by atoms with van der Waals surface area (Å²) in [5, 5.41) is 21.0. The van der Waals surface area contributed by atoms with E-state index in [2.05, 4.69) is 9.88 Å². The number of nitro groups is 1. The molecule has 1 aliphatic rings. The molecule has 216 valence electrons. The Morgan fingerprint density at radius 1 is 1.12 bits per heavy atom. The van der Waals surface area contributed by atoms with Crippen molar-refractivity contribution in [3.05, 3.63) is 75.7 Å². The standard InChI is InChI=1S/C27H30ClF3N4O5/c28-26-32-25(35(37)38)17-34(26)14-10-22(36)18-40-23-6-4-21(5-7-23)33-12-8-19(9-13-33)11-15-39-24-3-1-2-20(16-24)27(29,30)31/h1-7,16-17,19,22,36H,8-15,18H2. The van der Waals surface area contributed by atoms with Crippen molar-refractivity contribution in [2.75, 3.05) is 31.2 Å². The molecule has 13 heteroatoms. The zero-order valence-corrected chi connectivity index (χ0v) is 22.4. The second-order valence-electron chi connectivity index (χ2n) is 9.66. The first-order valence-corrected chi connectivity index (χ1v) is 13.3. The van der Waals surface area contributed by atoms with E-state index in [4.69, 9.17) is 21.1 Å². The third-order valence-corrected chi connectivity index (χ3v) is 7.12. The number of alkyl halides is 3. The number of nitrogens with zero attached hydrogens (tertiary/aromatic N) is 4. The van der Waals surface area contributed by atoms with Gasteiger partial charge < -0.3 is 29.6 Å². The van der Waals surface area contributed by atoms with Crippen LogP contribution in [0.4, 0.5) is 24.7 Å². The number of aliphatic hydroxyl groups is 1. The topological polar surface area (TPSA) is 103 Å². The highest BCUT2D eigenvalue weighted by Crippen LogP contribution is 2.32. The predicted octanol–water partition coefficient (Wildman–Crippen LogP) is 5.98. The Hall–Kier alpha value is -3.51. The van der Waals surface area contributed by atoms with Crippen LogP contribution < -0.4 is 14.4 Å². The van der Waals surface area contributed by atoms with E-state index in [1.165, 1.54) is 16.8 Å². The maximum atomic E-state index is 12.9. The number of anilines is 1. The highest BCUT2D eigenvalue weighted by Gasteiger charge is 2.30. The number of rotatable bonds is 12. The van der Waals surface area contributed by atoms with Crippen LogP contribution in [0.1, 0.15) is 31.2 Å². The minimum atomic E-state index is -4.39. The summed E-state index contributed by atoms with van der Waals surface area (Å²) in [7, 11) is 0. The van der Waals surface area contributed by atoms with Gasteiger partial charge in [0.1, 0.15) is 24.3 Å². The molecule has 2 aromatic carbocycles. The van der Waals surface area contributed by atoms with Gasteiger partial charge in [-0.15, -0.1) is 0 Å². The minimum absolute atomic E-state index is 0.0112. The summed E-state index contributed by atoms with van der Waals surface area (Å²) in [6, 6.07) is 12.6. The van der Waals surface area contributed by atoms with Crippen LogP contribution >= 0.6 is 11.6 Å². The minimum Gasteiger partial charge on any atom is -0.494 e. The smallest absolute Gasteiger partial charge is 0.416 e. The summed E-state index contributed by atoms with van der Waals surface area (Å²) in [6.07, 6.45) is -0.974. The van der Waals surface area contributed by atoms with Crippen molar-refractivity contribution in [3.8, 4) is 11.5 Å². The number of piperidine rings is 1. The van der Waals surface area contributed by atoms with Crippen LogP contribution in [0.2, 0.25) is 5.28 Å². The third-order valence-electron chi connectivity index (χ3n) is 6.82. The molecule has 0 aliphatic carbocycles. The lowest BCUT2D eigenvalue weighted by Crippen LogP contribution is -2.34. The molecule has 1 aromatic heterocycles. The van der Waals surface area contributed by atoms with Crippen molar-refractivity contribution >= 4 is 23.1 Å². The molecule has 4 rings (SSSR count). The molecular weight excluding hydrogens is 553 g/mol. The average molecular weight is 583 g/mol. The predicted molar refractivity (Wildman–Crippen MR) is 143 cm³/mol. The second kappa shape index (κ2) is 13.2. The number of hydrogen-bond donors (Lipinski definition) is 1. The van der Waals surface area contributed by atoms with Crippen molar-refractivity contribution < 1.29 is 32.7 Å². The van der Waals surface area contributed by atoms with E-state index in [1.807, 2.05) is 24.3 Å². The summed E-state index contributed by atoms with van der Waals surface area (Å²) >= 11 is 5.89. The van der Waals surface area contributed by atoms with Gasteiger partial charge in [-0.3, -0.25) is 4.57 Å². The van der Waals surface area contributed by atoms with E-state index in [9.17, 15) is 28.4 Å². The van der Waals surface area contributed by atoms with E-state index >= 15 is 0 Å².